The minimum Gasteiger partial charge on any atom is -0.236 e. The molecular weight excluding hydrogens is 224 g/mol. The van der Waals surface area contributed by atoms with Crippen LogP contribution in [-0.2, 0) is 0 Å². The molecule has 0 saturated heterocycles. The summed E-state index contributed by atoms with van der Waals surface area (Å²) in [7, 11) is 0. The SMILES string of the molecule is CC(C)=C1C2C=CC1c1nc(C#N)c(C#N)nc12. The summed E-state index contributed by atoms with van der Waals surface area (Å²) in [5.74, 6) is 0.282. The molecule has 2 aliphatic rings. The molecule has 0 radical (unpaired) electrons. The maximum atomic E-state index is 8.99. The predicted molar refractivity (Wildman–Crippen MR) is 64.5 cm³/mol. The van der Waals surface area contributed by atoms with Crippen LogP contribution in [-0.4, -0.2) is 9.97 Å². The lowest BCUT2D eigenvalue weighted by atomic mass is 9.98. The molecule has 1 heterocycles. The van der Waals surface area contributed by atoms with Crippen LogP contribution in [0.25, 0.3) is 0 Å². The maximum absolute atomic E-state index is 8.99. The fourth-order valence-electron chi connectivity index (χ4n) is 2.80. The molecule has 0 spiro atoms. The molecule has 2 aliphatic carbocycles. The highest BCUT2D eigenvalue weighted by Crippen LogP contribution is 2.52. The Hall–Kier alpha value is -2.46. The lowest BCUT2D eigenvalue weighted by Crippen LogP contribution is -2.05. The molecular formula is C14H10N4. The third-order valence-corrected chi connectivity index (χ3v) is 3.50. The Morgan fingerprint density at radius 2 is 1.44 bits per heavy atom. The van der Waals surface area contributed by atoms with Gasteiger partial charge >= 0.3 is 0 Å². The zero-order valence-electron chi connectivity index (χ0n) is 10.1. The van der Waals surface area contributed by atoms with Crippen LogP contribution >= 0.6 is 0 Å². The first-order valence-electron chi connectivity index (χ1n) is 5.75. The van der Waals surface area contributed by atoms with Crippen LogP contribution in [0.1, 0.15) is 48.5 Å². The van der Waals surface area contributed by atoms with Crippen molar-refractivity contribution in [2.24, 2.45) is 0 Å². The third-order valence-electron chi connectivity index (χ3n) is 3.50. The molecule has 1 aromatic heterocycles. The number of allylic oxidation sites excluding steroid dienone is 4. The Morgan fingerprint density at radius 1 is 1.00 bits per heavy atom. The van der Waals surface area contributed by atoms with Crippen LogP contribution in [0.2, 0.25) is 0 Å². The van der Waals surface area contributed by atoms with E-state index in [2.05, 4.69) is 36.0 Å². The normalized spacial score (nSPS) is 22.6. The van der Waals surface area contributed by atoms with E-state index >= 15 is 0 Å². The van der Waals surface area contributed by atoms with Crippen molar-refractivity contribution in [1.82, 2.24) is 9.97 Å². The van der Waals surface area contributed by atoms with Gasteiger partial charge in [-0.25, -0.2) is 9.97 Å². The van der Waals surface area contributed by atoms with Crippen LogP contribution in [0.15, 0.2) is 23.3 Å². The van der Waals surface area contributed by atoms with E-state index in [1.54, 1.807) is 0 Å². The topological polar surface area (TPSA) is 73.4 Å². The highest BCUT2D eigenvalue weighted by molar-refractivity contribution is 5.57. The van der Waals surface area contributed by atoms with E-state index in [0.717, 1.165) is 11.4 Å². The standard InChI is InChI=1S/C14H10N4/c1-7(2)12-8-3-4-9(12)14-13(8)17-10(5-15)11(6-16)18-14/h3-4,8-9H,1-2H3. The van der Waals surface area contributed by atoms with E-state index in [1.165, 1.54) is 11.1 Å². The average Bonchev–Trinajstić information content (AvgIpc) is 2.93. The van der Waals surface area contributed by atoms with Crippen molar-refractivity contribution in [1.29, 1.82) is 10.5 Å². The second-order valence-electron chi connectivity index (χ2n) is 4.71. The first kappa shape index (κ1) is 10.7. The molecule has 0 aliphatic heterocycles. The summed E-state index contributed by atoms with van der Waals surface area (Å²) < 4.78 is 0. The van der Waals surface area contributed by atoms with E-state index in [0.29, 0.717) is 0 Å². The molecule has 2 atom stereocenters. The summed E-state index contributed by atoms with van der Waals surface area (Å²) in [4.78, 5) is 8.65. The van der Waals surface area contributed by atoms with E-state index < -0.39 is 0 Å². The van der Waals surface area contributed by atoms with Gasteiger partial charge in [0.25, 0.3) is 0 Å². The Kier molecular flexibility index (Phi) is 2.09. The van der Waals surface area contributed by atoms with E-state index in [-0.39, 0.29) is 23.2 Å². The Bertz CT molecular complexity index is 641. The van der Waals surface area contributed by atoms with Crippen LogP contribution in [0.5, 0.6) is 0 Å². The summed E-state index contributed by atoms with van der Waals surface area (Å²) in [6, 6.07) is 3.89. The zero-order valence-corrected chi connectivity index (χ0v) is 10.1. The molecule has 0 amide bonds. The van der Waals surface area contributed by atoms with Gasteiger partial charge in [-0.15, -0.1) is 0 Å². The highest BCUT2D eigenvalue weighted by atomic mass is 14.9. The van der Waals surface area contributed by atoms with Gasteiger partial charge in [0.05, 0.1) is 11.4 Å². The van der Waals surface area contributed by atoms with Gasteiger partial charge in [-0.3, -0.25) is 0 Å². The second kappa shape index (κ2) is 3.51. The van der Waals surface area contributed by atoms with Crippen LogP contribution in [0, 0.1) is 22.7 Å². The summed E-state index contributed by atoms with van der Waals surface area (Å²) in [6.07, 6.45) is 4.22. The molecule has 3 rings (SSSR count). The lowest BCUT2D eigenvalue weighted by Gasteiger charge is -2.07. The molecule has 0 N–H and O–H groups in total. The molecule has 86 valence electrons. The Labute approximate surface area is 105 Å². The quantitative estimate of drug-likeness (QED) is 0.645. The van der Waals surface area contributed by atoms with Crippen molar-refractivity contribution >= 4 is 0 Å². The van der Waals surface area contributed by atoms with Gasteiger partial charge in [0, 0.05) is 11.8 Å². The molecule has 2 bridgehead atoms. The molecule has 0 saturated carbocycles. The van der Waals surface area contributed by atoms with Crippen LogP contribution < -0.4 is 0 Å². The number of hydrogen-bond acceptors (Lipinski definition) is 4. The molecule has 1 aromatic rings. The van der Waals surface area contributed by atoms with Crippen LogP contribution in [0.3, 0.4) is 0 Å². The highest BCUT2D eigenvalue weighted by Gasteiger charge is 2.41. The fourth-order valence-corrected chi connectivity index (χ4v) is 2.80. The number of hydrogen-bond donors (Lipinski definition) is 0. The first-order valence-corrected chi connectivity index (χ1v) is 5.75. The van der Waals surface area contributed by atoms with Gasteiger partial charge < -0.3 is 0 Å². The van der Waals surface area contributed by atoms with Gasteiger partial charge in [-0.05, 0) is 19.4 Å². The smallest absolute Gasteiger partial charge is 0.177 e. The minimum atomic E-state index is 0.130. The summed E-state index contributed by atoms with van der Waals surface area (Å²) >= 11 is 0. The van der Waals surface area contributed by atoms with E-state index in [9.17, 15) is 0 Å². The summed E-state index contributed by atoms with van der Waals surface area (Å²) in [5.41, 5.74) is 4.50. The number of rotatable bonds is 0. The van der Waals surface area contributed by atoms with Crippen LogP contribution in [0.4, 0.5) is 0 Å². The third kappa shape index (κ3) is 1.18. The van der Waals surface area contributed by atoms with E-state index in [1.807, 2.05) is 12.1 Å². The molecule has 18 heavy (non-hydrogen) atoms. The molecule has 0 aromatic carbocycles. The number of aromatic nitrogens is 2. The van der Waals surface area contributed by atoms with Crippen molar-refractivity contribution in [2.45, 2.75) is 25.7 Å². The summed E-state index contributed by atoms with van der Waals surface area (Å²) in [6.45, 7) is 4.15. The van der Waals surface area contributed by atoms with E-state index in [4.69, 9.17) is 10.5 Å². The number of nitriles is 2. The second-order valence-corrected chi connectivity index (χ2v) is 4.71. The van der Waals surface area contributed by atoms with Crippen molar-refractivity contribution in [3.05, 3.63) is 46.1 Å². The van der Waals surface area contributed by atoms with Crippen molar-refractivity contribution in [3.8, 4) is 12.1 Å². The van der Waals surface area contributed by atoms with Gasteiger partial charge in [-0.2, -0.15) is 10.5 Å². The van der Waals surface area contributed by atoms with Crippen molar-refractivity contribution in [2.75, 3.05) is 0 Å². The zero-order chi connectivity index (χ0) is 12.9. The van der Waals surface area contributed by atoms with Crippen molar-refractivity contribution < 1.29 is 0 Å². The average molecular weight is 234 g/mol. The predicted octanol–water partition coefficient (Wildman–Crippen LogP) is 2.31. The molecule has 0 fully saturated rings. The van der Waals surface area contributed by atoms with Gasteiger partial charge in [0.15, 0.2) is 11.4 Å². The molecule has 4 heteroatoms. The Morgan fingerprint density at radius 3 is 1.78 bits per heavy atom. The first-order chi connectivity index (χ1) is 8.67. The van der Waals surface area contributed by atoms with Gasteiger partial charge in [0.1, 0.15) is 12.1 Å². The minimum absolute atomic E-state index is 0.130. The number of nitrogens with zero attached hydrogens (tertiary/aromatic N) is 4. The largest absolute Gasteiger partial charge is 0.236 e. The maximum Gasteiger partial charge on any atom is 0.177 e. The number of fused-ring (bicyclic) bond motifs is 5. The molecule has 2 unspecified atom stereocenters. The van der Waals surface area contributed by atoms with Gasteiger partial charge in [-0.1, -0.05) is 17.7 Å². The van der Waals surface area contributed by atoms with Gasteiger partial charge in [0.2, 0.25) is 0 Å². The van der Waals surface area contributed by atoms with Crippen molar-refractivity contribution in [3.63, 3.8) is 0 Å². The summed E-state index contributed by atoms with van der Waals surface area (Å²) in [5, 5.41) is 18.0. The molecule has 4 nitrogen and oxygen atoms in total. The monoisotopic (exact) mass is 234 g/mol. The Balaban J connectivity index is 2.27. The lowest BCUT2D eigenvalue weighted by molar-refractivity contribution is 0.937. The fraction of sp³-hybridized carbons (Fsp3) is 0.286.